The molecule has 3 aromatic rings. The number of hydrogen-bond acceptors (Lipinski definition) is 3. The van der Waals surface area contributed by atoms with E-state index in [0.717, 1.165) is 0 Å². The van der Waals surface area contributed by atoms with Crippen LogP contribution in [0, 0.1) is 0 Å². The zero-order valence-corrected chi connectivity index (χ0v) is 16.9. The van der Waals surface area contributed by atoms with Crippen LogP contribution in [0.15, 0.2) is 72.8 Å². The summed E-state index contributed by atoms with van der Waals surface area (Å²) in [6.07, 6.45) is 0. The third-order valence-corrected chi connectivity index (χ3v) is 4.38. The number of nitrogens with one attached hydrogen (secondary N) is 1. The second-order valence-electron chi connectivity index (χ2n) is 6.58. The molecule has 0 heterocycles. The number of amides is 1. The highest BCUT2D eigenvalue weighted by molar-refractivity contribution is 6.31. The van der Waals surface area contributed by atoms with Crippen molar-refractivity contribution in [3.63, 3.8) is 0 Å². The molecular formula is C22H19Cl2NO3. The van der Waals surface area contributed by atoms with E-state index in [9.17, 15) is 4.79 Å². The topological polar surface area (TPSA) is 47.6 Å². The van der Waals surface area contributed by atoms with Crippen LogP contribution in [0.4, 0.5) is 5.69 Å². The molecule has 144 valence electrons. The van der Waals surface area contributed by atoms with Gasteiger partial charge < -0.3 is 14.8 Å². The predicted molar refractivity (Wildman–Crippen MR) is 113 cm³/mol. The van der Waals surface area contributed by atoms with Gasteiger partial charge in [-0.3, -0.25) is 4.79 Å². The zero-order chi connectivity index (χ0) is 20.1. The summed E-state index contributed by atoms with van der Waals surface area (Å²) >= 11 is 12.0. The van der Waals surface area contributed by atoms with Crippen molar-refractivity contribution >= 4 is 34.8 Å². The second-order valence-corrected chi connectivity index (χ2v) is 7.45. The van der Waals surface area contributed by atoms with Crippen molar-refractivity contribution in [2.45, 2.75) is 19.4 Å². The van der Waals surface area contributed by atoms with E-state index in [2.05, 4.69) is 5.32 Å². The summed E-state index contributed by atoms with van der Waals surface area (Å²) in [4.78, 5) is 12.9. The van der Waals surface area contributed by atoms with Crippen LogP contribution < -0.4 is 14.8 Å². The minimum atomic E-state index is -1.14. The van der Waals surface area contributed by atoms with Crippen molar-refractivity contribution < 1.29 is 14.3 Å². The average molecular weight is 416 g/mol. The maximum Gasteiger partial charge on any atom is 0.268 e. The van der Waals surface area contributed by atoms with Gasteiger partial charge in [-0.1, -0.05) is 41.4 Å². The van der Waals surface area contributed by atoms with E-state index < -0.39 is 5.60 Å². The van der Waals surface area contributed by atoms with Crippen molar-refractivity contribution in [3.05, 3.63) is 82.8 Å². The molecule has 1 amide bonds. The maximum absolute atomic E-state index is 12.9. The number of ether oxygens (including phenoxy) is 2. The van der Waals surface area contributed by atoms with E-state index in [-0.39, 0.29) is 5.91 Å². The molecule has 0 aliphatic heterocycles. The van der Waals surface area contributed by atoms with Crippen LogP contribution in [0.25, 0.3) is 0 Å². The monoisotopic (exact) mass is 415 g/mol. The Bertz CT molecular complexity index is 957. The molecule has 3 aromatic carbocycles. The van der Waals surface area contributed by atoms with E-state index in [1.807, 2.05) is 30.3 Å². The number of hydrogen-bond donors (Lipinski definition) is 1. The van der Waals surface area contributed by atoms with Crippen LogP contribution in [0.1, 0.15) is 13.8 Å². The molecule has 0 fully saturated rings. The Morgan fingerprint density at radius 3 is 2.18 bits per heavy atom. The van der Waals surface area contributed by atoms with Crippen molar-refractivity contribution in [1.29, 1.82) is 0 Å². The van der Waals surface area contributed by atoms with Crippen molar-refractivity contribution in [1.82, 2.24) is 0 Å². The van der Waals surface area contributed by atoms with Gasteiger partial charge in [0, 0.05) is 10.0 Å². The molecule has 0 radical (unpaired) electrons. The van der Waals surface area contributed by atoms with Crippen LogP contribution in [0.3, 0.4) is 0 Å². The van der Waals surface area contributed by atoms with Gasteiger partial charge >= 0.3 is 0 Å². The molecule has 3 rings (SSSR count). The zero-order valence-electron chi connectivity index (χ0n) is 15.4. The molecule has 0 aliphatic rings. The first-order valence-electron chi connectivity index (χ1n) is 8.62. The number of rotatable bonds is 6. The van der Waals surface area contributed by atoms with Gasteiger partial charge in [0.2, 0.25) is 0 Å². The standard InChI is InChI=1S/C22H19Cl2NO3/c1-22(2,28-18-11-8-15(23)9-12-18)21(26)25-19-14-16(24)10-13-20(19)27-17-6-4-3-5-7-17/h3-14H,1-2H3,(H,25,26). The van der Waals surface area contributed by atoms with Crippen LogP contribution >= 0.6 is 23.2 Å². The molecule has 0 atom stereocenters. The summed E-state index contributed by atoms with van der Waals surface area (Å²) in [5.41, 5.74) is -0.686. The summed E-state index contributed by atoms with van der Waals surface area (Å²) in [7, 11) is 0. The maximum atomic E-state index is 12.9. The molecule has 0 saturated carbocycles. The minimum Gasteiger partial charge on any atom is -0.478 e. The number of benzene rings is 3. The lowest BCUT2D eigenvalue weighted by Crippen LogP contribution is -2.42. The van der Waals surface area contributed by atoms with Gasteiger partial charge in [0.15, 0.2) is 11.4 Å². The fourth-order valence-electron chi connectivity index (χ4n) is 2.42. The van der Waals surface area contributed by atoms with E-state index in [1.54, 1.807) is 56.3 Å². The first-order chi connectivity index (χ1) is 13.3. The SMILES string of the molecule is CC(C)(Oc1ccc(Cl)cc1)C(=O)Nc1cc(Cl)ccc1Oc1ccccc1. The first-order valence-corrected chi connectivity index (χ1v) is 9.37. The third-order valence-electron chi connectivity index (χ3n) is 3.89. The van der Waals surface area contributed by atoms with Gasteiger partial charge in [0.05, 0.1) is 5.69 Å². The fourth-order valence-corrected chi connectivity index (χ4v) is 2.72. The Hall–Kier alpha value is -2.69. The predicted octanol–water partition coefficient (Wildman–Crippen LogP) is 6.58. The number of carbonyl (C=O) groups excluding carboxylic acids is 1. The number of para-hydroxylation sites is 1. The quantitative estimate of drug-likeness (QED) is 0.494. The molecule has 0 aromatic heterocycles. The van der Waals surface area contributed by atoms with Gasteiger partial charge in [-0.15, -0.1) is 0 Å². The molecule has 0 spiro atoms. The lowest BCUT2D eigenvalue weighted by Gasteiger charge is -2.26. The Kier molecular flexibility index (Phi) is 6.12. The molecular weight excluding hydrogens is 397 g/mol. The second kappa shape index (κ2) is 8.55. The van der Waals surface area contributed by atoms with E-state index in [1.165, 1.54) is 0 Å². The van der Waals surface area contributed by atoms with Crippen molar-refractivity contribution in [2.75, 3.05) is 5.32 Å². The average Bonchev–Trinajstić information content (AvgIpc) is 2.66. The smallest absolute Gasteiger partial charge is 0.268 e. The van der Waals surface area contributed by atoms with Gasteiger partial charge in [-0.2, -0.15) is 0 Å². The Balaban J connectivity index is 1.78. The highest BCUT2D eigenvalue weighted by atomic mass is 35.5. The number of anilines is 1. The van der Waals surface area contributed by atoms with Crippen LogP contribution in [-0.2, 0) is 4.79 Å². The fraction of sp³-hybridized carbons (Fsp3) is 0.136. The lowest BCUT2D eigenvalue weighted by atomic mass is 10.1. The number of halogens is 2. The Labute approximate surface area is 174 Å². The summed E-state index contributed by atoms with van der Waals surface area (Å²) in [6, 6.07) is 21.1. The summed E-state index contributed by atoms with van der Waals surface area (Å²) in [5.74, 6) is 1.32. The van der Waals surface area contributed by atoms with Crippen molar-refractivity contribution in [3.8, 4) is 17.2 Å². The summed E-state index contributed by atoms with van der Waals surface area (Å²) in [5, 5.41) is 3.92. The lowest BCUT2D eigenvalue weighted by molar-refractivity contribution is -0.128. The molecule has 28 heavy (non-hydrogen) atoms. The van der Waals surface area contributed by atoms with Gasteiger partial charge in [-0.05, 0) is 68.4 Å². The first kappa shape index (κ1) is 20.1. The molecule has 0 unspecified atom stereocenters. The van der Waals surface area contributed by atoms with Gasteiger partial charge in [-0.25, -0.2) is 0 Å². The summed E-state index contributed by atoms with van der Waals surface area (Å²) < 4.78 is 11.7. The van der Waals surface area contributed by atoms with E-state index in [0.29, 0.717) is 33.0 Å². The normalized spacial score (nSPS) is 11.0. The Morgan fingerprint density at radius 2 is 1.50 bits per heavy atom. The molecule has 1 N–H and O–H groups in total. The molecule has 6 heteroatoms. The third kappa shape index (κ3) is 5.18. The Morgan fingerprint density at radius 1 is 0.857 bits per heavy atom. The van der Waals surface area contributed by atoms with Gasteiger partial charge in [0.25, 0.3) is 5.91 Å². The van der Waals surface area contributed by atoms with E-state index >= 15 is 0 Å². The minimum absolute atomic E-state index is 0.345. The summed E-state index contributed by atoms with van der Waals surface area (Å²) in [6.45, 7) is 3.36. The van der Waals surface area contributed by atoms with Crippen molar-refractivity contribution in [2.24, 2.45) is 0 Å². The van der Waals surface area contributed by atoms with E-state index in [4.69, 9.17) is 32.7 Å². The molecule has 0 bridgehead atoms. The molecule has 4 nitrogen and oxygen atoms in total. The molecule has 0 saturated heterocycles. The van der Waals surface area contributed by atoms with Crippen LogP contribution in [0.2, 0.25) is 10.0 Å². The highest BCUT2D eigenvalue weighted by Gasteiger charge is 2.31. The van der Waals surface area contributed by atoms with Gasteiger partial charge in [0.1, 0.15) is 11.5 Å². The number of carbonyl (C=O) groups is 1. The largest absolute Gasteiger partial charge is 0.478 e. The highest BCUT2D eigenvalue weighted by Crippen LogP contribution is 2.33. The van der Waals surface area contributed by atoms with Crippen LogP contribution in [0.5, 0.6) is 17.2 Å². The van der Waals surface area contributed by atoms with Crippen LogP contribution in [-0.4, -0.2) is 11.5 Å². The molecule has 0 aliphatic carbocycles.